The molecule has 0 amide bonds. The minimum atomic E-state index is -3.72. The first-order chi connectivity index (χ1) is 13.4. The van der Waals surface area contributed by atoms with E-state index < -0.39 is 10.0 Å². The molecule has 1 saturated heterocycles. The minimum Gasteiger partial charge on any atom is -0.353 e. The van der Waals surface area contributed by atoms with Gasteiger partial charge in [-0.25, -0.2) is 13.4 Å². The molecule has 0 saturated carbocycles. The number of nitrogens with one attached hydrogen (secondary N) is 1. The summed E-state index contributed by atoms with van der Waals surface area (Å²) in [5, 5.41) is 1.98. The van der Waals surface area contributed by atoms with Crippen molar-refractivity contribution in [1.82, 2.24) is 9.88 Å². The number of anilines is 2. The molecule has 9 heteroatoms. The fraction of sp³-hybridized carbons (Fsp3) is 0.250. The molecule has 0 atom stereocenters. The van der Waals surface area contributed by atoms with Crippen LogP contribution < -0.4 is 9.62 Å². The standard InChI is InChI=1S/C20H21BrN4O2S.ClH/c1-24-10-12-25(13-11-24)20-18-5-3-2-4-15(18)14-19(22-20)23-28(26,27)17-8-6-16(21)7-9-17;/h2-9,14H,10-13H2,1H3,(H,22,23);1H. The van der Waals surface area contributed by atoms with E-state index in [0.717, 1.165) is 47.2 Å². The molecular weight excluding hydrogens is 476 g/mol. The molecule has 1 aliphatic heterocycles. The van der Waals surface area contributed by atoms with Crippen LogP contribution in [-0.2, 0) is 10.0 Å². The molecule has 2 aromatic carbocycles. The Kier molecular flexibility index (Phi) is 6.68. The van der Waals surface area contributed by atoms with E-state index in [9.17, 15) is 8.42 Å². The molecule has 3 aromatic rings. The van der Waals surface area contributed by atoms with Gasteiger partial charge in [0.2, 0.25) is 0 Å². The van der Waals surface area contributed by atoms with Crippen molar-refractivity contribution in [2.75, 3.05) is 42.8 Å². The molecule has 1 fully saturated rings. The summed E-state index contributed by atoms with van der Waals surface area (Å²) >= 11 is 3.33. The maximum Gasteiger partial charge on any atom is 0.263 e. The van der Waals surface area contributed by atoms with Gasteiger partial charge < -0.3 is 9.80 Å². The number of sulfonamides is 1. The number of piperazine rings is 1. The van der Waals surface area contributed by atoms with Gasteiger partial charge in [0.15, 0.2) is 0 Å². The highest BCUT2D eigenvalue weighted by molar-refractivity contribution is 9.10. The smallest absolute Gasteiger partial charge is 0.263 e. The Balaban J connectivity index is 0.00000240. The first-order valence-electron chi connectivity index (χ1n) is 9.04. The molecule has 4 rings (SSSR count). The third kappa shape index (κ3) is 4.83. The molecule has 0 aliphatic carbocycles. The molecule has 29 heavy (non-hydrogen) atoms. The maximum atomic E-state index is 12.8. The van der Waals surface area contributed by atoms with Crippen LogP contribution in [0.25, 0.3) is 10.8 Å². The van der Waals surface area contributed by atoms with E-state index in [1.165, 1.54) is 0 Å². The number of pyridine rings is 1. The number of aromatic nitrogens is 1. The predicted octanol–water partition coefficient (Wildman–Crippen LogP) is 3.97. The Morgan fingerprint density at radius 1 is 1.00 bits per heavy atom. The summed E-state index contributed by atoms with van der Waals surface area (Å²) in [5.74, 6) is 1.15. The summed E-state index contributed by atoms with van der Waals surface area (Å²) in [4.78, 5) is 9.39. The van der Waals surface area contributed by atoms with Gasteiger partial charge >= 0.3 is 0 Å². The first kappa shape index (κ1) is 21.8. The molecule has 6 nitrogen and oxygen atoms in total. The number of nitrogens with zero attached hydrogens (tertiary/aromatic N) is 3. The molecule has 0 bridgehead atoms. The van der Waals surface area contributed by atoms with E-state index in [-0.39, 0.29) is 17.3 Å². The second-order valence-electron chi connectivity index (χ2n) is 6.90. The maximum absolute atomic E-state index is 12.8. The van der Waals surface area contributed by atoms with Gasteiger partial charge in [0.25, 0.3) is 10.0 Å². The van der Waals surface area contributed by atoms with Gasteiger partial charge in [0.05, 0.1) is 4.90 Å². The highest BCUT2D eigenvalue weighted by Crippen LogP contribution is 2.29. The number of rotatable bonds is 4. The molecule has 0 unspecified atom stereocenters. The Morgan fingerprint density at radius 2 is 1.66 bits per heavy atom. The van der Waals surface area contributed by atoms with Crippen LogP contribution >= 0.6 is 28.3 Å². The Hall–Kier alpha value is -1.87. The van der Waals surface area contributed by atoms with Crippen LogP contribution in [-0.4, -0.2) is 51.5 Å². The van der Waals surface area contributed by atoms with Crippen LogP contribution in [0, 0.1) is 0 Å². The largest absolute Gasteiger partial charge is 0.353 e. The average Bonchev–Trinajstić information content (AvgIpc) is 2.68. The number of likely N-dealkylation sites (N-methyl/N-ethyl adjacent to an activating group) is 1. The lowest BCUT2D eigenvalue weighted by Gasteiger charge is -2.34. The summed E-state index contributed by atoms with van der Waals surface area (Å²) in [6.07, 6.45) is 0. The predicted molar refractivity (Wildman–Crippen MR) is 124 cm³/mol. The van der Waals surface area contributed by atoms with E-state index in [1.807, 2.05) is 24.3 Å². The molecule has 1 N–H and O–H groups in total. The van der Waals surface area contributed by atoms with Gasteiger partial charge in [-0.2, -0.15) is 0 Å². The third-order valence-corrected chi connectivity index (χ3v) is 6.79. The van der Waals surface area contributed by atoms with Crippen LogP contribution in [0.3, 0.4) is 0 Å². The highest BCUT2D eigenvalue weighted by atomic mass is 79.9. The van der Waals surface area contributed by atoms with Gasteiger partial charge in [-0.1, -0.05) is 40.2 Å². The lowest BCUT2D eigenvalue weighted by atomic mass is 10.1. The topological polar surface area (TPSA) is 65.5 Å². The minimum absolute atomic E-state index is 0. The fourth-order valence-corrected chi connectivity index (χ4v) is 4.56. The van der Waals surface area contributed by atoms with Gasteiger partial charge in [-0.3, -0.25) is 4.72 Å². The van der Waals surface area contributed by atoms with E-state index in [1.54, 1.807) is 30.3 Å². The van der Waals surface area contributed by atoms with E-state index in [2.05, 4.69) is 42.5 Å². The summed E-state index contributed by atoms with van der Waals surface area (Å²) in [7, 11) is -1.61. The van der Waals surface area contributed by atoms with Crippen LogP contribution in [0.1, 0.15) is 0 Å². The zero-order chi connectivity index (χ0) is 19.7. The second kappa shape index (κ2) is 8.87. The highest BCUT2D eigenvalue weighted by Gasteiger charge is 2.20. The molecule has 154 valence electrons. The van der Waals surface area contributed by atoms with Gasteiger partial charge in [0.1, 0.15) is 11.6 Å². The van der Waals surface area contributed by atoms with Gasteiger partial charge in [-0.15, -0.1) is 12.4 Å². The number of hydrogen-bond donors (Lipinski definition) is 1. The Morgan fingerprint density at radius 3 is 2.34 bits per heavy atom. The molecule has 2 heterocycles. The SMILES string of the molecule is CN1CCN(c2nc(NS(=O)(=O)c3ccc(Br)cc3)cc3ccccc23)CC1.Cl. The van der Waals surface area contributed by atoms with Crippen molar-refractivity contribution in [3.8, 4) is 0 Å². The lowest BCUT2D eigenvalue weighted by molar-refractivity contribution is 0.312. The van der Waals surface area contributed by atoms with Crippen LogP contribution in [0.2, 0.25) is 0 Å². The molecule has 1 aliphatic rings. The number of halogens is 2. The van der Waals surface area contributed by atoms with Crippen LogP contribution in [0.4, 0.5) is 11.6 Å². The number of hydrogen-bond acceptors (Lipinski definition) is 5. The Bertz CT molecular complexity index is 1100. The van der Waals surface area contributed by atoms with Crippen molar-refractivity contribution in [2.45, 2.75) is 4.90 Å². The van der Waals surface area contributed by atoms with Crippen molar-refractivity contribution >= 4 is 60.8 Å². The third-order valence-electron chi connectivity index (χ3n) is 4.89. The van der Waals surface area contributed by atoms with Crippen molar-refractivity contribution in [2.24, 2.45) is 0 Å². The van der Waals surface area contributed by atoms with Crippen molar-refractivity contribution in [3.05, 3.63) is 59.1 Å². The van der Waals surface area contributed by atoms with Gasteiger partial charge in [0, 0.05) is 36.0 Å². The van der Waals surface area contributed by atoms with Gasteiger partial charge in [-0.05, 0) is 42.8 Å². The zero-order valence-electron chi connectivity index (χ0n) is 15.9. The van der Waals surface area contributed by atoms with E-state index in [4.69, 9.17) is 0 Å². The summed E-state index contributed by atoms with van der Waals surface area (Å²) in [5.41, 5.74) is 0. The van der Waals surface area contributed by atoms with Crippen molar-refractivity contribution < 1.29 is 8.42 Å². The summed E-state index contributed by atoms with van der Waals surface area (Å²) < 4.78 is 29.1. The first-order valence-corrected chi connectivity index (χ1v) is 11.3. The molecule has 1 aromatic heterocycles. The van der Waals surface area contributed by atoms with Crippen LogP contribution in [0.15, 0.2) is 64.0 Å². The van der Waals surface area contributed by atoms with Crippen molar-refractivity contribution in [3.63, 3.8) is 0 Å². The summed E-state index contributed by atoms with van der Waals surface area (Å²) in [6.45, 7) is 3.61. The Labute approximate surface area is 185 Å². The zero-order valence-corrected chi connectivity index (χ0v) is 19.1. The van der Waals surface area contributed by atoms with Crippen molar-refractivity contribution in [1.29, 1.82) is 0 Å². The molecule has 0 radical (unpaired) electrons. The lowest BCUT2D eigenvalue weighted by Crippen LogP contribution is -2.45. The number of benzene rings is 2. The molecule has 0 spiro atoms. The summed E-state index contributed by atoms with van der Waals surface area (Å²) in [6, 6.07) is 16.3. The quantitative estimate of drug-likeness (QED) is 0.591. The van der Waals surface area contributed by atoms with Crippen LogP contribution in [0.5, 0.6) is 0 Å². The average molecular weight is 498 g/mol. The normalized spacial score (nSPS) is 15.2. The second-order valence-corrected chi connectivity index (χ2v) is 9.50. The fourth-order valence-electron chi connectivity index (χ4n) is 3.30. The molecular formula is C20H22BrClN4O2S. The number of fused-ring (bicyclic) bond motifs is 1. The van der Waals surface area contributed by atoms with E-state index >= 15 is 0 Å². The monoisotopic (exact) mass is 496 g/mol. The van der Waals surface area contributed by atoms with E-state index in [0.29, 0.717) is 5.82 Å².